The first kappa shape index (κ1) is 14.1. The standard InChI is InChI=1S/C21H22N2/c1-14-11-12-16(15(2)21(14)22)13-23-19-9-5-3-7-17(19)18-8-4-6-10-20(18)23/h3,5-7,9-12H,4,8,13,22H2,1-2H3. The zero-order chi connectivity index (χ0) is 16.0. The van der Waals surface area contributed by atoms with E-state index in [0.717, 1.165) is 30.6 Å². The zero-order valence-corrected chi connectivity index (χ0v) is 13.8. The Balaban J connectivity index is 1.91. The fourth-order valence-corrected chi connectivity index (χ4v) is 3.69. The van der Waals surface area contributed by atoms with Crippen LogP contribution in [0.15, 0.2) is 42.5 Å². The van der Waals surface area contributed by atoms with Crippen molar-refractivity contribution in [1.82, 2.24) is 4.57 Å². The maximum Gasteiger partial charge on any atom is 0.0491 e. The molecule has 0 fully saturated rings. The van der Waals surface area contributed by atoms with Crippen molar-refractivity contribution in [2.45, 2.75) is 33.2 Å². The van der Waals surface area contributed by atoms with Gasteiger partial charge in [-0.15, -0.1) is 0 Å². The Morgan fingerprint density at radius 3 is 2.78 bits per heavy atom. The lowest BCUT2D eigenvalue weighted by atomic mass is 10.0. The second-order valence-corrected chi connectivity index (χ2v) is 6.49. The summed E-state index contributed by atoms with van der Waals surface area (Å²) < 4.78 is 2.44. The third-order valence-electron chi connectivity index (χ3n) is 5.13. The maximum atomic E-state index is 6.24. The van der Waals surface area contributed by atoms with Crippen LogP contribution in [0.2, 0.25) is 0 Å². The summed E-state index contributed by atoms with van der Waals surface area (Å²) in [5.74, 6) is 0. The minimum absolute atomic E-state index is 0.872. The first-order valence-electron chi connectivity index (χ1n) is 8.28. The van der Waals surface area contributed by atoms with Crippen LogP contribution in [0.3, 0.4) is 0 Å². The van der Waals surface area contributed by atoms with Gasteiger partial charge in [-0.05, 0) is 61.1 Å². The molecule has 0 atom stereocenters. The summed E-state index contributed by atoms with van der Waals surface area (Å²) >= 11 is 0. The van der Waals surface area contributed by atoms with E-state index in [1.165, 1.54) is 33.3 Å². The molecule has 0 aliphatic heterocycles. The third kappa shape index (κ3) is 2.17. The second-order valence-electron chi connectivity index (χ2n) is 6.49. The number of hydrogen-bond donors (Lipinski definition) is 1. The summed E-state index contributed by atoms with van der Waals surface area (Å²) in [4.78, 5) is 0. The Morgan fingerprint density at radius 2 is 1.91 bits per heavy atom. The Hall–Kier alpha value is -2.48. The first-order valence-corrected chi connectivity index (χ1v) is 8.28. The highest BCUT2D eigenvalue weighted by Crippen LogP contribution is 2.32. The predicted octanol–water partition coefficient (Wildman–Crippen LogP) is 4.85. The highest BCUT2D eigenvalue weighted by atomic mass is 15.0. The molecule has 1 aliphatic carbocycles. The van der Waals surface area contributed by atoms with Gasteiger partial charge in [0.2, 0.25) is 0 Å². The topological polar surface area (TPSA) is 30.9 Å². The van der Waals surface area contributed by atoms with Gasteiger partial charge in [0, 0.05) is 28.8 Å². The van der Waals surface area contributed by atoms with Gasteiger partial charge in [0.15, 0.2) is 0 Å². The Kier molecular flexibility index (Phi) is 3.26. The molecule has 1 aromatic heterocycles. The second kappa shape index (κ2) is 5.31. The summed E-state index contributed by atoms with van der Waals surface area (Å²) in [6.07, 6.45) is 6.84. The van der Waals surface area contributed by atoms with Crippen LogP contribution >= 0.6 is 0 Å². The highest BCUT2D eigenvalue weighted by molar-refractivity contribution is 5.89. The molecule has 2 heteroatoms. The molecule has 0 radical (unpaired) electrons. The smallest absolute Gasteiger partial charge is 0.0491 e. The number of nitrogen functional groups attached to an aromatic ring is 1. The van der Waals surface area contributed by atoms with Crippen LogP contribution in [0.5, 0.6) is 0 Å². The number of fused-ring (bicyclic) bond motifs is 3. The van der Waals surface area contributed by atoms with Crippen LogP contribution in [-0.4, -0.2) is 4.57 Å². The van der Waals surface area contributed by atoms with Crippen molar-refractivity contribution in [1.29, 1.82) is 0 Å². The predicted molar refractivity (Wildman–Crippen MR) is 98.7 cm³/mol. The third-order valence-corrected chi connectivity index (χ3v) is 5.13. The number of nitrogens with zero attached hydrogens (tertiary/aromatic N) is 1. The molecule has 0 amide bonds. The van der Waals surface area contributed by atoms with E-state index < -0.39 is 0 Å². The number of aryl methyl sites for hydroxylation is 2. The quantitative estimate of drug-likeness (QED) is 0.674. The van der Waals surface area contributed by atoms with Gasteiger partial charge in [0.05, 0.1) is 0 Å². The molecule has 2 N–H and O–H groups in total. The van der Waals surface area contributed by atoms with Gasteiger partial charge in [-0.1, -0.05) is 36.4 Å². The number of rotatable bonds is 2. The highest BCUT2D eigenvalue weighted by Gasteiger charge is 2.17. The van der Waals surface area contributed by atoms with Crippen LogP contribution < -0.4 is 5.73 Å². The van der Waals surface area contributed by atoms with Gasteiger partial charge in [-0.2, -0.15) is 0 Å². The Labute approximate surface area is 137 Å². The van der Waals surface area contributed by atoms with E-state index in [4.69, 9.17) is 5.73 Å². The van der Waals surface area contributed by atoms with Gasteiger partial charge in [-0.25, -0.2) is 0 Å². The van der Waals surface area contributed by atoms with E-state index in [1.54, 1.807) is 0 Å². The molecule has 116 valence electrons. The van der Waals surface area contributed by atoms with Gasteiger partial charge in [0.1, 0.15) is 0 Å². The lowest BCUT2D eigenvalue weighted by molar-refractivity contribution is 0.807. The van der Waals surface area contributed by atoms with E-state index in [0.29, 0.717) is 0 Å². The minimum Gasteiger partial charge on any atom is -0.398 e. The number of benzene rings is 2. The molecule has 0 bridgehead atoms. The molecule has 0 saturated carbocycles. The molecule has 4 rings (SSSR count). The van der Waals surface area contributed by atoms with Crippen molar-refractivity contribution >= 4 is 22.7 Å². The van der Waals surface area contributed by atoms with E-state index in [2.05, 4.69) is 67.0 Å². The van der Waals surface area contributed by atoms with Crippen LogP contribution in [0.25, 0.3) is 17.0 Å². The largest absolute Gasteiger partial charge is 0.398 e. The molecule has 3 aromatic rings. The summed E-state index contributed by atoms with van der Waals surface area (Å²) in [5.41, 5.74) is 15.0. The molecule has 0 unspecified atom stereocenters. The summed E-state index contributed by atoms with van der Waals surface area (Å²) in [6.45, 7) is 5.07. The normalized spacial score (nSPS) is 13.5. The van der Waals surface area contributed by atoms with Gasteiger partial charge in [-0.3, -0.25) is 0 Å². The van der Waals surface area contributed by atoms with Crippen molar-refractivity contribution in [3.8, 4) is 0 Å². The molecule has 1 aliphatic rings. The van der Waals surface area contributed by atoms with Crippen LogP contribution in [0.4, 0.5) is 5.69 Å². The number of hydrogen-bond acceptors (Lipinski definition) is 1. The van der Waals surface area contributed by atoms with E-state index >= 15 is 0 Å². The number of anilines is 1. The summed E-state index contributed by atoms with van der Waals surface area (Å²) in [7, 11) is 0. The molecule has 0 spiro atoms. The monoisotopic (exact) mass is 302 g/mol. The van der Waals surface area contributed by atoms with Crippen molar-refractivity contribution in [3.63, 3.8) is 0 Å². The molecule has 2 aromatic carbocycles. The first-order chi connectivity index (χ1) is 11.2. The number of para-hydroxylation sites is 1. The van der Waals surface area contributed by atoms with Crippen molar-refractivity contribution in [3.05, 3.63) is 70.4 Å². The molecule has 2 nitrogen and oxygen atoms in total. The van der Waals surface area contributed by atoms with Crippen LogP contribution in [-0.2, 0) is 13.0 Å². The number of aromatic nitrogens is 1. The molecular weight excluding hydrogens is 280 g/mol. The molecule has 23 heavy (non-hydrogen) atoms. The molecule has 0 saturated heterocycles. The lowest BCUT2D eigenvalue weighted by Gasteiger charge is -2.15. The van der Waals surface area contributed by atoms with E-state index in [1.807, 2.05) is 0 Å². The van der Waals surface area contributed by atoms with Crippen LogP contribution in [0, 0.1) is 13.8 Å². The van der Waals surface area contributed by atoms with Crippen LogP contribution in [0.1, 0.15) is 34.4 Å². The Bertz CT molecular complexity index is 929. The maximum absolute atomic E-state index is 6.24. The summed E-state index contributed by atoms with van der Waals surface area (Å²) in [6, 6.07) is 13.1. The molecular formula is C21H22N2. The zero-order valence-electron chi connectivity index (χ0n) is 13.8. The SMILES string of the molecule is Cc1ccc(Cn2c3c(c4ccccc42)CCC=C3)c(C)c1N. The molecule has 1 heterocycles. The minimum atomic E-state index is 0.872. The summed E-state index contributed by atoms with van der Waals surface area (Å²) in [5, 5.41) is 1.39. The fraction of sp³-hybridized carbons (Fsp3) is 0.238. The average molecular weight is 302 g/mol. The van der Waals surface area contributed by atoms with E-state index in [-0.39, 0.29) is 0 Å². The van der Waals surface area contributed by atoms with Crippen molar-refractivity contribution in [2.75, 3.05) is 5.73 Å². The van der Waals surface area contributed by atoms with Crippen molar-refractivity contribution in [2.24, 2.45) is 0 Å². The van der Waals surface area contributed by atoms with Gasteiger partial charge >= 0.3 is 0 Å². The lowest BCUT2D eigenvalue weighted by Crippen LogP contribution is -2.07. The number of nitrogens with two attached hydrogens (primary N) is 1. The van der Waals surface area contributed by atoms with E-state index in [9.17, 15) is 0 Å². The number of allylic oxidation sites excluding steroid dienone is 1. The van der Waals surface area contributed by atoms with Gasteiger partial charge < -0.3 is 10.3 Å². The van der Waals surface area contributed by atoms with Crippen molar-refractivity contribution < 1.29 is 0 Å². The van der Waals surface area contributed by atoms with Gasteiger partial charge in [0.25, 0.3) is 0 Å². The fourth-order valence-electron chi connectivity index (χ4n) is 3.69. The Morgan fingerprint density at radius 1 is 1.09 bits per heavy atom. The average Bonchev–Trinajstić information content (AvgIpc) is 2.90.